The normalized spacial score (nSPS) is 10.5. The highest BCUT2D eigenvalue weighted by molar-refractivity contribution is 5.94. The maximum atomic E-state index is 13.5. The number of halogens is 2. The summed E-state index contributed by atoms with van der Waals surface area (Å²) < 4.78 is 26.6. The van der Waals surface area contributed by atoms with Gasteiger partial charge in [-0.05, 0) is 18.6 Å². The molecule has 1 aromatic carbocycles. The third-order valence-corrected chi connectivity index (χ3v) is 2.68. The van der Waals surface area contributed by atoms with Crippen molar-refractivity contribution in [3.05, 3.63) is 46.7 Å². The Morgan fingerprint density at radius 1 is 1.42 bits per heavy atom. The number of aromatic nitrogens is 2. The van der Waals surface area contributed by atoms with Gasteiger partial charge in [-0.3, -0.25) is 9.89 Å². The fourth-order valence-electron chi connectivity index (χ4n) is 1.56. The van der Waals surface area contributed by atoms with E-state index in [0.29, 0.717) is 17.4 Å². The van der Waals surface area contributed by atoms with Crippen molar-refractivity contribution in [2.24, 2.45) is 0 Å². The Kier molecular flexibility index (Phi) is 3.46. The Hall–Kier alpha value is -2.44. The molecule has 0 atom stereocenters. The van der Waals surface area contributed by atoms with Crippen molar-refractivity contribution in [3.63, 3.8) is 0 Å². The standard InChI is InChI=1S/C12H12F2N4O/c1-6-2-8(10(14)3-9(6)13)12(19)16-4-7-5-17-18-11(7)15/h2-3,5H,4H2,1H3,(H,16,19)(H3,15,17,18). The number of carbonyl (C=O) groups is 1. The van der Waals surface area contributed by atoms with Gasteiger partial charge in [0.05, 0.1) is 11.8 Å². The number of hydrogen-bond acceptors (Lipinski definition) is 3. The number of carbonyl (C=O) groups excluding carboxylic acids is 1. The maximum Gasteiger partial charge on any atom is 0.254 e. The molecule has 0 saturated carbocycles. The van der Waals surface area contributed by atoms with E-state index in [1.54, 1.807) is 0 Å². The lowest BCUT2D eigenvalue weighted by Gasteiger charge is -2.07. The summed E-state index contributed by atoms with van der Waals surface area (Å²) in [5.74, 6) is -1.90. The Labute approximate surface area is 107 Å². The average Bonchev–Trinajstić information content (AvgIpc) is 2.76. The van der Waals surface area contributed by atoms with Gasteiger partial charge in [0.25, 0.3) is 5.91 Å². The van der Waals surface area contributed by atoms with E-state index in [0.717, 1.165) is 0 Å². The van der Waals surface area contributed by atoms with Crippen LogP contribution in [0.15, 0.2) is 18.3 Å². The highest BCUT2D eigenvalue weighted by atomic mass is 19.1. The third kappa shape index (κ3) is 2.70. The van der Waals surface area contributed by atoms with Gasteiger partial charge in [-0.15, -0.1) is 0 Å². The molecule has 7 heteroatoms. The summed E-state index contributed by atoms with van der Waals surface area (Å²) in [6.45, 7) is 1.57. The summed E-state index contributed by atoms with van der Waals surface area (Å²) in [5.41, 5.74) is 6.13. The van der Waals surface area contributed by atoms with Crippen molar-refractivity contribution in [1.82, 2.24) is 15.5 Å². The van der Waals surface area contributed by atoms with Gasteiger partial charge in [-0.1, -0.05) is 0 Å². The van der Waals surface area contributed by atoms with Crippen molar-refractivity contribution < 1.29 is 13.6 Å². The lowest BCUT2D eigenvalue weighted by Crippen LogP contribution is -2.24. The Balaban J connectivity index is 2.12. The zero-order valence-corrected chi connectivity index (χ0v) is 10.1. The number of aryl methyl sites for hydroxylation is 1. The lowest BCUT2D eigenvalue weighted by molar-refractivity contribution is 0.0947. The van der Waals surface area contributed by atoms with Crippen LogP contribution in [0.3, 0.4) is 0 Å². The third-order valence-electron chi connectivity index (χ3n) is 2.68. The fraction of sp³-hybridized carbons (Fsp3) is 0.167. The predicted octanol–water partition coefficient (Wildman–Crippen LogP) is 1.51. The lowest BCUT2D eigenvalue weighted by atomic mass is 10.1. The molecule has 1 aromatic heterocycles. The number of nitrogens with zero attached hydrogens (tertiary/aromatic N) is 1. The molecule has 0 spiro atoms. The number of benzene rings is 1. The van der Waals surface area contributed by atoms with Crippen LogP contribution in [0.1, 0.15) is 21.5 Å². The van der Waals surface area contributed by atoms with Crippen LogP contribution in [-0.4, -0.2) is 16.1 Å². The number of nitrogen functional groups attached to an aromatic ring is 1. The summed E-state index contributed by atoms with van der Waals surface area (Å²) in [6.07, 6.45) is 1.46. The van der Waals surface area contributed by atoms with Crippen LogP contribution < -0.4 is 11.1 Å². The van der Waals surface area contributed by atoms with Gasteiger partial charge in [0, 0.05) is 18.2 Å². The van der Waals surface area contributed by atoms with Crippen molar-refractivity contribution in [2.75, 3.05) is 5.73 Å². The van der Waals surface area contributed by atoms with Gasteiger partial charge >= 0.3 is 0 Å². The van der Waals surface area contributed by atoms with Crippen LogP contribution in [0.4, 0.5) is 14.6 Å². The highest BCUT2D eigenvalue weighted by Gasteiger charge is 2.14. The largest absolute Gasteiger partial charge is 0.384 e. The minimum atomic E-state index is -0.902. The zero-order valence-electron chi connectivity index (χ0n) is 10.1. The van der Waals surface area contributed by atoms with E-state index >= 15 is 0 Å². The van der Waals surface area contributed by atoms with Gasteiger partial charge < -0.3 is 11.1 Å². The van der Waals surface area contributed by atoms with E-state index in [9.17, 15) is 13.6 Å². The van der Waals surface area contributed by atoms with Crippen molar-refractivity contribution >= 4 is 11.7 Å². The van der Waals surface area contributed by atoms with Crippen LogP contribution in [0.2, 0.25) is 0 Å². The Bertz CT molecular complexity index is 624. The Morgan fingerprint density at radius 2 is 2.16 bits per heavy atom. The van der Waals surface area contributed by atoms with Crippen LogP contribution in [-0.2, 0) is 6.54 Å². The van der Waals surface area contributed by atoms with E-state index in [2.05, 4.69) is 15.5 Å². The number of hydrogen-bond donors (Lipinski definition) is 3. The number of rotatable bonds is 3. The monoisotopic (exact) mass is 266 g/mol. The Morgan fingerprint density at radius 3 is 2.79 bits per heavy atom. The molecule has 2 aromatic rings. The molecule has 0 unspecified atom stereocenters. The first-order valence-electron chi connectivity index (χ1n) is 5.50. The van der Waals surface area contributed by atoms with E-state index in [1.165, 1.54) is 19.2 Å². The molecule has 100 valence electrons. The molecule has 1 amide bonds. The van der Waals surface area contributed by atoms with E-state index < -0.39 is 17.5 Å². The molecule has 19 heavy (non-hydrogen) atoms. The average molecular weight is 266 g/mol. The van der Waals surface area contributed by atoms with Gasteiger partial charge in [0.1, 0.15) is 17.5 Å². The second-order valence-electron chi connectivity index (χ2n) is 4.07. The summed E-state index contributed by atoms with van der Waals surface area (Å²) in [5, 5.41) is 8.69. The van der Waals surface area contributed by atoms with Crippen LogP contribution in [0, 0.1) is 18.6 Å². The van der Waals surface area contributed by atoms with Gasteiger partial charge in [-0.2, -0.15) is 5.10 Å². The first-order valence-corrected chi connectivity index (χ1v) is 5.50. The van der Waals surface area contributed by atoms with Gasteiger partial charge in [0.2, 0.25) is 0 Å². The SMILES string of the molecule is Cc1cc(C(=O)NCc2cn[nH]c2N)c(F)cc1F. The fourth-order valence-corrected chi connectivity index (χ4v) is 1.56. The van der Waals surface area contributed by atoms with Crippen molar-refractivity contribution in [2.45, 2.75) is 13.5 Å². The molecule has 0 aliphatic heterocycles. The number of amides is 1. The van der Waals surface area contributed by atoms with Crippen LogP contribution in [0.25, 0.3) is 0 Å². The minimum absolute atomic E-state index is 0.108. The van der Waals surface area contributed by atoms with Gasteiger partial charge in [0.15, 0.2) is 0 Å². The minimum Gasteiger partial charge on any atom is -0.384 e. The zero-order chi connectivity index (χ0) is 14.0. The second-order valence-corrected chi connectivity index (χ2v) is 4.07. The molecule has 0 fully saturated rings. The number of nitrogens with two attached hydrogens (primary N) is 1. The van der Waals surface area contributed by atoms with Gasteiger partial charge in [-0.25, -0.2) is 8.78 Å². The van der Waals surface area contributed by atoms with E-state index in [4.69, 9.17) is 5.73 Å². The van der Waals surface area contributed by atoms with Crippen molar-refractivity contribution in [1.29, 1.82) is 0 Å². The smallest absolute Gasteiger partial charge is 0.254 e. The molecule has 5 nitrogen and oxygen atoms in total. The molecule has 0 aliphatic carbocycles. The number of anilines is 1. The molecule has 0 aliphatic rings. The van der Waals surface area contributed by atoms with Crippen LogP contribution >= 0.6 is 0 Å². The predicted molar refractivity (Wildman–Crippen MR) is 65.3 cm³/mol. The van der Waals surface area contributed by atoms with Crippen molar-refractivity contribution in [3.8, 4) is 0 Å². The molecular formula is C12H12F2N4O. The molecular weight excluding hydrogens is 254 g/mol. The topological polar surface area (TPSA) is 83.8 Å². The van der Waals surface area contributed by atoms with E-state index in [1.807, 2.05) is 0 Å². The summed E-state index contributed by atoms with van der Waals surface area (Å²) in [4.78, 5) is 11.8. The second kappa shape index (κ2) is 5.05. The quantitative estimate of drug-likeness (QED) is 0.787. The molecule has 0 saturated heterocycles. The molecule has 0 radical (unpaired) electrons. The van der Waals surface area contributed by atoms with Crippen LogP contribution in [0.5, 0.6) is 0 Å². The number of H-pyrrole nitrogens is 1. The molecule has 0 bridgehead atoms. The summed E-state index contributed by atoms with van der Waals surface area (Å²) in [7, 11) is 0. The highest BCUT2D eigenvalue weighted by Crippen LogP contribution is 2.14. The number of aromatic amines is 1. The first kappa shape index (κ1) is 13.0. The molecule has 1 heterocycles. The summed E-state index contributed by atoms with van der Waals surface area (Å²) in [6, 6.07) is 1.86. The molecule has 2 rings (SSSR count). The number of nitrogens with one attached hydrogen (secondary N) is 2. The molecule has 4 N–H and O–H groups in total. The first-order chi connectivity index (χ1) is 8.99. The van der Waals surface area contributed by atoms with E-state index in [-0.39, 0.29) is 17.7 Å². The maximum absolute atomic E-state index is 13.5. The summed E-state index contributed by atoms with van der Waals surface area (Å²) >= 11 is 0.